The van der Waals surface area contributed by atoms with Crippen LogP contribution in [-0.4, -0.2) is 17.4 Å². The van der Waals surface area contributed by atoms with Crippen LogP contribution in [0.1, 0.15) is 33.4 Å². The van der Waals surface area contributed by atoms with Crippen molar-refractivity contribution in [2.45, 2.75) is 41.5 Å². The predicted molar refractivity (Wildman–Crippen MR) is 128 cm³/mol. The van der Waals surface area contributed by atoms with E-state index < -0.39 is 13.5 Å². The van der Waals surface area contributed by atoms with Gasteiger partial charge in [0, 0.05) is 24.5 Å². The molecule has 1 fully saturated rings. The molecule has 1 atom stereocenters. The van der Waals surface area contributed by atoms with Crippen molar-refractivity contribution in [3.8, 4) is 0 Å². The van der Waals surface area contributed by atoms with E-state index in [1.807, 2.05) is 0 Å². The zero-order chi connectivity index (χ0) is 21.0. The molecule has 1 saturated heterocycles. The molecule has 0 bridgehead atoms. The fourth-order valence-corrected chi connectivity index (χ4v) is 4.09. The molecule has 2 aromatic rings. The van der Waals surface area contributed by atoms with Gasteiger partial charge in [0.2, 0.25) is 0 Å². The molecule has 0 amide bonds. The zero-order valence-electron chi connectivity index (χ0n) is 17.5. The summed E-state index contributed by atoms with van der Waals surface area (Å²) in [6.07, 6.45) is 0. The molecule has 28 heavy (non-hydrogen) atoms. The van der Waals surface area contributed by atoms with Crippen molar-refractivity contribution < 1.29 is 13.5 Å². The summed E-state index contributed by atoms with van der Waals surface area (Å²) in [5.41, 5.74) is 10.8. The molecule has 2 aromatic carbocycles. The van der Waals surface area contributed by atoms with Gasteiger partial charge >= 0.3 is 46.5 Å². The Morgan fingerprint density at radius 3 is 1.32 bits per heavy atom. The number of anilines is 2. The molecule has 1 heterocycles. The number of rotatable bonds is 2. The summed E-state index contributed by atoms with van der Waals surface area (Å²) in [6, 6.07) is 9.12. The van der Waals surface area contributed by atoms with Crippen LogP contribution in [-0.2, 0) is 13.5 Å². The number of hydrogen-bond donors (Lipinski definition) is 0. The Labute approximate surface area is 185 Å². The van der Waals surface area contributed by atoms with E-state index in [2.05, 4.69) is 91.5 Å². The number of benzene rings is 2. The van der Waals surface area contributed by atoms with Gasteiger partial charge in [0.25, 0.3) is 0 Å². The van der Waals surface area contributed by atoms with Gasteiger partial charge in [-0.25, -0.2) is 0 Å². The third-order valence-electron chi connectivity index (χ3n) is 4.79. The first-order chi connectivity index (χ1) is 13.1. The van der Waals surface area contributed by atoms with E-state index in [0.29, 0.717) is 0 Å². The molecule has 2 nitrogen and oxygen atoms in total. The SMILES string of the molecule is Cc1cc(C)c(N2[CH-]N(c3c(C)cc(C)cc3C)CC2)c(C)c1.P[CH]=[Ru]([Cl])[Cl]. The van der Waals surface area contributed by atoms with Gasteiger partial charge in [0.1, 0.15) is 0 Å². The molecule has 1 aliphatic rings. The van der Waals surface area contributed by atoms with Crippen molar-refractivity contribution in [2.24, 2.45) is 0 Å². The quantitative estimate of drug-likeness (QED) is 0.250. The van der Waals surface area contributed by atoms with Gasteiger partial charge in [-0.2, -0.15) is 6.67 Å². The van der Waals surface area contributed by atoms with Crippen LogP contribution in [0.5, 0.6) is 0 Å². The summed E-state index contributed by atoms with van der Waals surface area (Å²) in [4.78, 5) is 4.81. The van der Waals surface area contributed by atoms with Crippen LogP contribution < -0.4 is 9.80 Å². The number of hydrogen-bond acceptors (Lipinski definition) is 2. The third kappa shape index (κ3) is 6.02. The Morgan fingerprint density at radius 1 is 0.786 bits per heavy atom. The van der Waals surface area contributed by atoms with Crippen LogP contribution in [0, 0.1) is 48.2 Å². The molecule has 3 rings (SSSR count). The Bertz CT molecular complexity index is 769. The first-order valence-electron chi connectivity index (χ1n) is 9.21. The number of aryl methyl sites for hydroxylation is 6. The second-order valence-corrected chi connectivity index (χ2v) is 14.5. The van der Waals surface area contributed by atoms with E-state index in [1.165, 1.54) is 44.8 Å². The second-order valence-electron chi connectivity index (χ2n) is 7.32. The fourth-order valence-electron chi connectivity index (χ4n) is 4.09. The molecule has 6 heteroatoms. The van der Waals surface area contributed by atoms with Crippen LogP contribution in [0.2, 0.25) is 0 Å². The third-order valence-corrected chi connectivity index (χ3v) is 9.45. The standard InChI is InChI=1S/C21H27N2.CH3P.2ClH.Ru/c1-14-9-16(3)20(17(4)10-14)22-7-8-23(13-22)21-18(5)11-15(2)12-19(21)6;1-2;;;/h9-13H,7-8H2,1-6H3;1H,2H2;2*1H;/q-1;;;;+2/p-2. The van der Waals surface area contributed by atoms with Gasteiger partial charge in [-0.3, -0.25) is 0 Å². The predicted octanol–water partition coefficient (Wildman–Crippen LogP) is 6.53. The monoisotopic (exact) mass is 525 g/mol. The Kier molecular flexibility index (Phi) is 8.96. The van der Waals surface area contributed by atoms with Gasteiger partial charge in [-0.15, -0.1) is 0 Å². The van der Waals surface area contributed by atoms with Gasteiger partial charge in [0.05, 0.1) is 0 Å². The summed E-state index contributed by atoms with van der Waals surface area (Å²) >= 11 is -1.40. The van der Waals surface area contributed by atoms with Crippen LogP contribution in [0.4, 0.5) is 11.4 Å². The summed E-state index contributed by atoms with van der Waals surface area (Å²) in [7, 11) is 13.0. The van der Waals surface area contributed by atoms with E-state index in [4.69, 9.17) is 19.4 Å². The normalized spacial score (nSPS) is 14.0. The van der Waals surface area contributed by atoms with Gasteiger partial charge < -0.3 is 9.80 Å². The van der Waals surface area contributed by atoms with Crippen LogP contribution >= 0.6 is 28.6 Å². The van der Waals surface area contributed by atoms with E-state index in [0.717, 1.165) is 13.1 Å². The van der Waals surface area contributed by atoms with Crippen molar-refractivity contribution in [1.29, 1.82) is 0 Å². The average molecular weight is 525 g/mol. The van der Waals surface area contributed by atoms with E-state index in [1.54, 1.807) is 4.35 Å². The molecule has 0 radical (unpaired) electrons. The Hall–Kier alpha value is -0.457. The molecule has 1 unspecified atom stereocenters. The van der Waals surface area contributed by atoms with Gasteiger partial charge in [-0.05, 0) is 63.8 Å². The zero-order valence-corrected chi connectivity index (χ0v) is 21.9. The molecule has 0 N–H and O–H groups in total. The Balaban J connectivity index is 0.000000500. The fraction of sp³-hybridized carbons (Fsp3) is 0.364. The number of nitrogens with zero attached hydrogens (tertiary/aromatic N) is 2. The maximum absolute atomic E-state index is 5.29. The first-order valence-corrected chi connectivity index (χ1v) is 15.4. The Morgan fingerprint density at radius 2 is 1.07 bits per heavy atom. The van der Waals surface area contributed by atoms with Crippen molar-refractivity contribution in [3.63, 3.8) is 0 Å². The van der Waals surface area contributed by atoms with Crippen LogP contribution in [0.3, 0.4) is 0 Å². The van der Waals surface area contributed by atoms with Gasteiger partial charge in [0.15, 0.2) is 0 Å². The molecule has 0 aliphatic carbocycles. The topological polar surface area (TPSA) is 6.48 Å². The first kappa shape index (κ1) is 23.8. The van der Waals surface area contributed by atoms with Gasteiger partial charge in [-0.1, -0.05) is 35.4 Å². The second kappa shape index (κ2) is 10.5. The molecule has 156 valence electrons. The summed E-state index contributed by atoms with van der Waals surface area (Å²) in [5, 5.41) is 0. The van der Waals surface area contributed by atoms with Crippen molar-refractivity contribution in [1.82, 2.24) is 0 Å². The maximum atomic E-state index is 5.29. The summed E-state index contributed by atoms with van der Waals surface area (Å²) < 4.78 is 1.76. The number of halogens is 2. The van der Waals surface area contributed by atoms with Crippen LogP contribution in [0.15, 0.2) is 24.3 Å². The average Bonchev–Trinajstić information content (AvgIpc) is 3.02. The van der Waals surface area contributed by atoms with Crippen molar-refractivity contribution >= 4 is 44.3 Å². The van der Waals surface area contributed by atoms with Crippen LogP contribution in [0.25, 0.3) is 0 Å². The van der Waals surface area contributed by atoms with Crippen molar-refractivity contribution in [2.75, 3.05) is 22.9 Å². The molecule has 0 spiro atoms. The minimum absolute atomic E-state index is 1.04. The molecular weight excluding hydrogens is 495 g/mol. The molecule has 1 aliphatic heterocycles. The molecular formula is C22H30Cl2N2PRu-. The van der Waals surface area contributed by atoms with E-state index >= 15 is 0 Å². The molecule has 0 saturated carbocycles. The van der Waals surface area contributed by atoms with E-state index in [9.17, 15) is 0 Å². The van der Waals surface area contributed by atoms with Crippen molar-refractivity contribution in [3.05, 3.63) is 64.3 Å². The molecule has 0 aromatic heterocycles. The summed E-state index contributed by atoms with van der Waals surface area (Å²) in [6.45, 7) is 17.6. The minimum atomic E-state index is -1.40. The van der Waals surface area contributed by atoms with E-state index in [-0.39, 0.29) is 0 Å². The summed E-state index contributed by atoms with van der Waals surface area (Å²) in [5.74, 6) is 0.